The molecule has 0 bridgehead atoms. The molecule has 1 aromatic heterocycles. The molecule has 2 heterocycles. The van der Waals surface area contributed by atoms with E-state index in [1.807, 2.05) is 51.1 Å². The lowest BCUT2D eigenvalue weighted by Crippen LogP contribution is -2.55. The van der Waals surface area contributed by atoms with Gasteiger partial charge in [0.2, 0.25) is 0 Å². The quantitative estimate of drug-likeness (QED) is 0.882. The van der Waals surface area contributed by atoms with Crippen LogP contribution in [-0.4, -0.2) is 45.2 Å². The SMILES string of the molecule is Cn1c(COC2CN(C(=O)OC(C)(C)C)C2)c(N)c(=O)n1-c1ccccc1. The molecular weight excluding hydrogens is 348 g/mol. The Morgan fingerprint density at radius 2 is 1.85 bits per heavy atom. The predicted octanol–water partition coefficient (Wildman–Crippen LogP) is 1.89. The first-order valence-electron chi connectivity index (χ1n) is 8.88. The van der Waals surface area contributed by atoms with Gasteiger partial charge in [0.25, 0.3) is 5.56 Å². The van der Waals surface area contributed by atoms with Gasteiger partial charge in [0.1, 0.15) is 11.3 Å². The molecule has 1 amide bonds. The molecule has 27 heavy (non-hydrogen) atoms. The summed E-state index contributed by atoms with van der Waals surface area (Å²) in [6.07, 6.45) is -0.448. The first kappa shape index (κ1) is 19.0. The van der Waals surface area contributed by atoms with E-state index in [2.05, 4.69) is 0 Å². The molecule has 0 aliphatic carbocycles. The number of benzene rings is 1. The van der Waals surface area contributed by atoms with E-state index >= 15 is 0 Å². The van der Waals surface area contributed by atoms with E-state index in [4.69, 9.17) is 15.2 Å². The van der Waals surface area contributed by atoms with Gasteiger partial charge in [0, 0.05) is 7.05 Å². The lowest BCUT2D eigenvalue weighted by Gasteiger charge is -2.39. The first-order chi connectivity index (χ1) is 12.7. The highest BCUT2D eigenvalue weighted by Crippen LogP contribution is 2.20. The van der Waals surface area contributed by atoms with Crippen molar-refractivity contribution in [2.75, 3.05) is 18.8 Å². The van der Waals surface area contributed by atoms with Crippen molar-refractivity contribution in [3.05, 3.63) is 46.4 Å². The van der Waals surface area contributed by atoms with E-state index in [9.17, 15) is 9.59 Å². The van der Waals surface area contributed by atoms with Gasteiger partial charge in [-0.1, -0.05) is 18.2 Å². The Balaban J connectivity index is 1.62. The molecule has 1 saturated heterocycles. The number of nitrogens with zero attached hydrogens (tertiary/aromatic N) is 3. The Kier molecular flexibility index (Phi) is 5.01. The van der Waals surface area contributed by atoms with Gasteiger partial charge in [0.05, 0.1) is 37.2 Å². The Bertz CT molecular complexity index is 874. The molecule has 1 fully saturated rings. The van der Waals surface area contributed by atoms with Crippen LogP contribution < -0.4 is 11.3 Å². The number of amides is 1. The molecule has 3 rings (SSSR count). The summed E-state index contributed by atoms with van der Waals surface area (Å²) in [5.41, 5.74) is 6.74. The zero-order valence-corrected chi connectivity index (χ0v) is 16.1. The maximum Gasteiger partial charge on any atom is 0.410 e. The Hall–Kier alpha value is -2.74. The molecule has 2 N–H and O–H groups in total. The first-order valence-corrected chi connectivity index (χ1v) is 8.88. The molecule has 1 aromatic carbocycles. The molecule has 8 nitrogen and oxygen atoms in total. The number of hydrogen-bond donors (Lipinski definition) is 1. The zero-order chi connectivity index (χ0) is 19.8. The molecule has 1 aliphatic rings. The van der Waals surface area contributed by atoms with Crippen LogP contribution in [0.5, 0.6) is 0 Å². The molecule has 0 spiro atoms. The number of anilines is 1. The van der Waals surface area contributed by atoms with E-state index in [0.717, 1.165) is 5.69 Å². The van der Waals surface area contributed by atoms with Crippen LogP contribution in [0.15, 0.2) is 35.1 Å². The number of nitrogen functional groups attached to an aromatic ring is 1. The number of carbonyl (C=O) groups is 1. The number of nitrogens with two attached hydrogens (primary N) is 1. The Labute approximate surface area is 158 Å². The third-order valence-electron chi connectivity index (χ3n) is 4.38. The standard InChI is InChI=1S/C19H26N4O4/c1-19(2,3)27-18(25)22-10-14(11-22)26-12-15-16(20)17(24)23(21(15)4)13-8-6-5-7-9-13/h5-9,14H,10-12,20H2,1-4H3. The summed E-state index contributed by atoms with van der Waals surface area (Å²) in [6, 6.07) is 9.30. The summed E-state index contributed by atoms with van der Waals surface area (Å²) in [5.74, 6) is 0. The molecule has 0 atom stereocenters. The second-order valence-electron chi connectivity index (χ2n) is 7.65. The van der Waals surface area contributed by atoms with Gasteiger partial charge < -0.3 is 20.1 Å². The number of aromatic nitrogens is 2. The monoisotopic (exact) mass is 374 g/mol. The van der Waals surface area contributed by atoms with Gasteiger partial charge in [0.15, 0.2) is 0 Å². The number of likely N-dealkylation sites (tertiary alicyclic amines) is 1. The van der Waals surface area contributed by atoms with Gasteiger partial charge in [-0.25, -0.2) is 9.48 Å². The molecule has 1 aliphatic heterocycles. The van der Waals surface area contributed by atoms with Crippen molar-refractivity contribution < 1.29 is 14.3 Å². The number of para-hydroxylation sites is 1. The van der Waals surface area contributed by atoms with Crippen molar-refractivity contribution in [3.63, 3.8) is 0 Å². The fourth-order valence-electron chi connectivity index (χ4n) is 2.92. The zero-order valence-electron chi connectivity index (χ0n) is 16.1. The van der Waals surface area contributed by atoms with Gasteiger partial charge in [-0.05, 0) is 32.9 Å². The third kappa shape index (κ3) is 4.00. The Morgan fingerprint density at radius 3 is 2.44 bits per heavy atom. The van der Waals surface area contributed by atoms with Crippen molar-refractivity contribution in [1.29, 1.82) is 0 Å². The summed E-state index contributed by atoms with van der Waals surface area (Å²) in [6.45, 7) is 6.62. The largest absolute Gasteiger partial charge is 0.444 e. The van der Waals surface area contributed by atoms with Crippen molar-refractivity contribution in [2.45, 2.75) is 39.1 Å². The topological polar surface area (TPSA) is 91.7 Å². The van der Waals surface area contributed by atoms with Crippen molar-refractivity contribution in [2.24, 2.45) is 7.05 Å². The van der Waals surface area contributed by atoms with Gasteiger partial charge in [-0.15, -0.1) is 0 Å². The summed E-state index contributed by atoms with van der Waals surface area (Å²) in [7, 11) is 1.78. The van der Waals surface area contributed by atoms with Crippen molar-refractivity contribution in [1.82, 2.24) is 14.3 Å². The van der Waals surface area contributed by atoms with E-state index in [-0.39, 0.29) is 30.1 Å². The number of carbonyl (C=O) groups excluding carboxylic acids is 1. The van der Waals surface area contributed by atoms with Gasteiger partial charge in [-0.2, -0.15) is 0 Å². The summed E-state index contributed by atoms with van der Waals surface area (Å²) in [5, 5.41) is 0. The highest BCUT2D eigenvalue weighted by molar-refractivity contribution is 5.69. The maximum atomic E-state index is 12.5. The second kappa shape index (κ2) is 7.11. The molecule has 0 saturated carbocycles. The minimum Gasteiger partial charge on any atom is -0.444 e. The second-order valence-corrected chi connectivity index (χ2v) is 7.65. The van der Waals surface area contributed by atoms with E-state index in [1.54, 1.807) is 16.6 Å². The van der Waals surface area contributed by atoms with Crippen LogP contribution in [0.1, 0.15) is 26.5 Å². The molecule has 0 radical (unpaired) electrons. The van der Waals surface area contributed by atoms with Crippen LogP contribution in [-0.2, 0) is 23.1 Å². The molecule has 146 valence electrons. The van der Waals surface area contributed by atoms with Crippen LogP contribution in [0.25, 0.3) is 5.69 Å². The molecule has 2 aromatic rings. The fourth-order valence-corrected chi connectivity index (χ4v) is 2.92. The van der Waals surface area contributed by atoms with Crippen LogP contribution in [0.2, 0.25) is 0 Å². The van der Waals surface area contributed by atoms with E-state index in [0.29, 0.717) is 18.8 Å². The number of rotatable bonds is 4. The van der Waals surface area contributed by atoms with E-state index < -0.39 is 5.60 Å². The average molecular weight is 374 g/mol. The van der Waals surface area contributed by atoms with Gasteiger partial charge in [-0.3, -0.25) is 9.48 Å². The summed E-state index contributed by atoms with van der Waals surface area (Å²) < 4.78 is 14.4. The normalized spacial score (nSPS) is 14.9. The van der Waals surface area contributed by atoms with Crippen LogP contribution in [0, 0.1) is 0 Å². The smallest absolute Gasteiger partial charge is 0.410 e. The molecule has 0 unspecified atom stereocenters. The average Bonchev–Trinajstić information content (AvgIpc) is 2.75. The van der Waals surface area contributed by atoms with Crippen LogP contribution in [0.3, 0.4) is 0 Å². The highest BCUT2D eigenvalue weighted by atomic mass is 16.6. The van der Waals surface area contributed by atoms with Crippen LogP contribution >= 0.6 is 0 Å². The highest BCUT2D eigenvalue weighted by Gasteiger charge is 2.34. The van der Waals surface area contributed by atoms with Crippen LogP contribution in [0.4, 0.5) is 10.5 Å². The van der Waals surface area contributed by atoms with E-state index in [1.165, 1.54) is 4.68 Å². The lowest BCUT2D eigenvalue weighted by atomic mass is 10.1. The van der Waals surface area contributed by atoms with Crippen molar-refractivity contribution in [3.8, 4) is 5.69 Å². The molecule has 8 heteroatoms. The summed E-state index contributed by atoms with van der Waals surface area (Å²) in [4.78, 5) is 26.0. The fraction of sp³-hybridized carbons (Fsp3) is 0.474. The third-order valence-corrected chi connectivity index (χ3v) is 4.38. The predicted molar refractivity (Wildman–Crippen MR) is 102 cm³/mol. The van der Waals surface area contributed by atoms with Crippen molar-refractivity contribution >= 4 is 11.8 Å². The Morgan fingerprint density at radius 1 is 1.22 bits per heavy atom. The lowest BCUT2D eigenvalue weighted by molar-refractivity contribution is -0.0703. The summed E-state index contributed by atoms with van der Waals surface area (Å²) >= 11 is 0. The minimum atomic E-state index is -0.518. The number of hydrogen-bond acceptors (Lipinski definition) is 5. The molecular formula is C19H26N4O4. The maximum absolute atomic E-state index is 12.5. The number of ether oxygens (including phenoxy) is 2. The van der Waals surface area contributed by atoms with Gasteiger partial charge >= 0.3 is 6.09 Å². The minimum absolute atomic E-state index is 0.105.